The highest BCUT2D eigenvalue weighted by atomic mass is 16.6. The summed E-state index contributed by atoms with van der Waals surface area (Å²) in [6.45, 7) is 7.57. The maximum atomic E-state index is 12.5. The molecule has 1 atom stereocenters. The van der Waals surface area contributed by atoms with Crippen LogP contribution >= 0.6 is 0 Å². The zero-order valence-corrected chi connectivity index (χ0v) is 28.9. The molecule has 0 saturated carbocycles. The van der Waals surface area contributed by atoms with E-state index >= 15 is 0 Å². The van der Waals surface area contributed by atoms with E-state index in [0.29, 0.717) is 19.4 Å². The normalized spacial score (nSPS) is 12.7. The van der Waals surface area contributed by atoms with Crippen LogP contribution in [0.1, 0.15) is 162 Å². The Bertz CT molecular complexity index is 752. The lowest BCUT2D eigenvalue weighted by Gasteiger charge is -2.18. The third-order valence-corrected chi connectivity index (χ3v) is 7.38. The van der Waals surface area contributed by atoms with Gasteiger partial charge in [0.2, 0.25) is 0 Å². The van der Waals surface area contributed by atoms with Crippen molar-refractivity contribution in [2.45, 2.75) is 168 Å². The molecular formula is C39H68O5. The molecule has 0 aromatic rings. The van der Waals surface area contributed by atoms with Gasteiger partial charge in [-0.2, -0.15) is 0 Å². The van der Waals surface area contributed by atoms with Crippen molar-refractivity contribution in [2.75, 3.05) is 19.8 Å². The van der Waals surface area contributed by atoms with E-state index in [1.54, 1.807) is 0 Å². The number of allylic oxidation sites excluding steroid dienone is 8. The van der Waals surface area contributed by atoms with Gasteiger partial charge >= 0.3 is 11.9 Å². The Morgan fingerprint density at radius 2 is 1.02 bits per heavy atom. The summed E-state index contributed by atoms with van der Waals surface area (Å²) < 4.78 is 17.0. The number of carbonyl (C=O) groups excluding carboxylic acids is 2. The van der Waals surface area contributed by atoms with Crippen molar-refractivity contribution in [1.29, 1.82) is 0 Å². The van der Waals surface area contributed by atoms with Gasteiger partial charge in [0.15, 0.2) is 6.10 Å². The lowest BCUT2D eigenvalue weighted by Crippen LogP contribution is -2.30. The second-order valence-electron chi connectivity index (χ2n) is 11.8. The van der Waals surface area contributed by atoms with Crippen LogP contribution in [-0.4, -0.2) is 37.9 Å². The highest BCUT2D eigenvalue weighted by molar-refractivity contribution is 5.70. The van der Waals surface area contributed by atoms with Crippen molar-refractivity contribution in [2.24, 2.45) is 0 Å². The second kappa shape index (κ2) is 35.3. The number of rotatable bonds is 32. The monoisotopic (exact) mass is 617 g/mol. The van der Waals surface area contributed by atoms with Crippen LogP contribution in [0.4, 0.5) is 0 Å². The smallest absolute Gasteiger partial charge is 0.306 e. The Labute approximate surface area is 272 Å². The summed E-state index contributed by atoms with van der Waals surface area (Å²) in [5, 5.41) is 0. The summed E-state index contributed by atoms with van der Waals surface area (Å²) in [6, 6.07) is 0. The molecule has 0 aromatic carbocycles. The van der Waals surface area contributed by atoms with Gasteiger partial charge < -0.3 is 14.2 Å². The number of hydrogen-bond acceptors (Lipinski definition) is 5. The van der Waals surface area contributed by atoms with Crippen molar-refractivity contribution in [3.63, 3.8) is 0 Å². The van der Waals surface area contributed by atoms with E-state index in [-0.39, 0.29) is 25.2 Å². The first-order valence-corrected chi connectivity index (χ1v) is 18.2. The van der Waals surface area contributed by atoms with E-state index in [9.17, 15) is 9.59 Å². The molecule has 0 N–H and O–H groups in total. The Morgan fingerprint density at radius 1 is 0.523 bits per heavy atom. The lowest BCUT2D eigenvalue weighted by atomic mass is 10.1. The average Bonchev–Trinajstić information content (AvgIpc) is 3.02. The largest absolute Gasteiger partial charge is 0.462 e. The second-order valence-corrected chi connectivity index (χ2v) is 11.8. The van der Waals surface area contributed by atoms with Crippen molar-refractivity contribution < 1.29 is 23.8 Å². The van der Waals surface area contributed by atoms with Crippen molar-refractivity contribution >= 4 is 11.9 Å². The van der Waals surface area contributed by atoms with Crippen LogP contribution in [0.3, 0.4) is 0 Å². The average molecular weight is 617 g/mol. The predicted molar refractivity (Wildman–Crippen MR) is 187 cm³/mol. The molecule has 0 aliphatic heterocycles. The molecule has 254 valence electrons. The minimum Gasteiger partial charge on any atom is -0.462 e. The van der Waals surface area contributed by atoms with Crippen LogP contribution in [0, 0.1) is 0 Å². The number of ether oxygens (including phenoxy) is 3. The third-order valence-electron chi connectivity index (χ3n) is 7.38. The van der Waals surface area contributed by atoms with E-state index in [1.165, 1.54) is 51.4 Å². The molecule has 0 bridgehead atoms. The zero-order valence-electron chi connectivity index (χ0n) is 28.9. The van der Waals surface area contributed by atoms with Crippen molar-refractivity contribution in [1.82, 2.24) is 0 Å². The van der Waals surface area contributed by atoms with Crippen LogP contribution in [-0.2, 0) is 23.8 Å². The Hall–Kier alpha value is -2.14. The molecule has 1 unspecified atom stereocenters. The van der Waals surface area contributed by atoms with Gasteiger partial charge in [-0.3, -0.25) is 9.59 Å². The summed E-state index contributed by atoms with van der Waals surface area (Å²) >= 11 is 0. The number of hydrogen-bond donors (Lipinski definition) is 0. The van der Waals surface area contributed by atoms with E-state index < -0.39 is 6.10 Å². The fourth-order valence-electron chi connectivity index (χ4n) is 4.67. The SMILES string of the molecule is CC/C=C\C/C=C\C/C=C\C/C=C\CCCCC(=O)OCC(COCCCCCCCC)OC(=O)CCCCCCCCC. The highest BCUT2D eigenvalue weighted by Crippen LogP contribution is 2.11. The molecule has 0 radical (unpaired) electrons. The standard InChI is InChI=1S/C39H68O5/c1-4-7-10-13-16-17-18-19-20-21-22-23-25-26-29-32-38(40)43-36-37(35-42-34-31-28-15-12-9-6-3)44-39(41)33-30-27-24-14-11-8-5-2/h7,10,16-17,19-20,22-23,37H,4-6,8-9,11-15,18,21,24-36H2,1-3H3/b10-7-,17-16-,20-19-,23-22-. The van der Waals surface area contributed by atoms with Gasteiger partial charge in [0.25, 0.3) is 0 Å². The van der Waals surface area contributed by atoms with E-state index in [0.717, 1.165) is 77.0 Å². The first-order valence-electron chi connectivity index (χ1n) is 18.2. The lowest BCUT2D eigenvalue weighted by molar-refractivity contribution is -0.163. The highest BCUT2D eigenvalue weighted by Gasteiger charge is 2.17. The first-order chi connectivity index (χ1) is 21.6. The van der Waals surface area contributed by atoms with Crippen LogP contribution in [0.25, 0.3) is 0 Å². The van der Waals surface area contributed by atoms with E-state index in [1.807, 2.05) is 0 Å². The summed E-state index contributed by atoms with van der Waals surface area (Å²) in [6.07, 6.45) is 39.8. The maximum Gasteiger partial charge on any atom is 0.306 e. The molecule has 0 heterocycles. The summed E-state index contributed by atoms with van der Waals surface area (Å²) in [5.74, 6) is -0.458. The molecule has 0 saturated heterocycles. The topological polar surface area (TPSA) is 61.8 Å². The molecule has 0 fully saturated rings. The Balaban J connectivity index is 4.21. The van der Waals surface area contributed by atoms with Gasteiger partial charge in [0.05, 0.1) is 6.61 Å². The molecule has 5 heteroatoms. The van der Waals surface area contributed by atoms with Crippen molar-refractivity contribution in [3.8, 4) is 0 Å². The minimum absolute atomic E-state index is 0.0644. The van der Waals surface area contributed by atoms with Gasteiger partial charge in [-0.05, 0) is 57.8 Å². The predicted octanol–water partition coefficient (Wildman–Crippen LogP) is 11.3. The quantitative estimate of drug-likeness (QED) is 0.0427. The van der Waals surface area contributed by atoms with Gasteiger partial charge in [-0.1, -0.05) is 140 Å². The van der Waals surface area contributed by atoms with Crippen LogP contribution in [0.5, 0.6) is 0 Å². The molecule has 5 nitrogen and oxygen atoms in total. The van der Waals surface area contributed by atoms with Gasteiger partial charge in [-0.15, -0.1) is 0 Å². The molecular weight excluding hydrogens is 548 g/mol. The van der Waals surface area contributed by atoms with Crippen LogP contribution < -0.4 is 0 Å². The molecule has 0 spiro atoms. The third kappa shape index (κ3) is 32.8. The summed E-state index contributed by atoms with van der Waals surface area (Å²) in [7, 11) is 0. The fraction of sp³-hybridized carbons (Fsp3) is 0.744. The maximum absolute atomic E-state index is 12.5. The summed E-state index contributed by atoms with van der Waals surface area (Å²) in [4.78, 5) is 24.8. The number of carbonyl (C=O) groups is 2. The summed E-state index contributed by atoms with van der Waals surface area (Å²) in [5.41, 5.74) is 0. The molecule has 0 aliphatic carbocycles. The van der Waals surface area contributed by atoms with Gasteiger partial charge in [0.1, 0.15) is 6.61 Å². The zero-order chi connectivity index (χ0) is 32.2. The number of esters is 2. The molecule has 0 aliphatic rings. The molecule has 0 amide bonds. The van der Waals surface area contributed by atoms with E-state index in [4.69, 9.17) is 14.2 Å². The molecule has 0 aromatic heterocycles. The van der Waals surface area contributed by atoms with Crippen LogP contribution in [0.15, 0.2) is 48.6 Å². The molecule has 44 heavy (non-hydrogen) atoms. The Morgan fingerprint density at radius 3 is 1.64 bits per heavy atom. The first kappa shape index (κ1) is 41.9. The van der Waals surface area contributed by atoms with Gasteiger partial charge in [0, 0.05) is 19.4 Å². The fourth-order valence-corrected chi connectivity index (χ4v) is 4.67. The van der Waals surface area contributed by atoms with Gasteiger partial charge in [-0.25, -0.2) is 0 Å². The van der Waals surface area contributed by atoms with E-state index in [2.05, 4.69) is 69.4 Å². The molecule has 0 rings (SSSR count). The number of unbranched alkanes of at least 4 members (excludes halogenated alkanes) is 13. The van der Waals surface area contributed by atoms with Crippen molar-refractivity contribution in [3.05, 3.63) is 48.6 Å². The minimum atomic E-state index is -0.541. The van der Waals surface area contributed by atoms with Crippen LogP contribution in [0.2, 0.25) is 0 Å². The Kier molecular flexibility index (Phi) is 33.6.